The number of halogens is 2. The third-order valence-corrected chi connectivity index (χ3v) is 6.55. The molecule has 0 saturated heterocycles. The van der Waals surface area contributed by atoms with Crippen molar-refractivity contribution in [2.24, 2.45) is 5.92 Å². The number of nitrogens with one attached hydrogen (secondary N) is 2. The standard InChI is InChI=1S/C21H25F2N5OS/c1-4-24-20-25-11(2)17(19-27-13-7-5-6-8-16(13)30-19)18(28-20)26-14-9-12(10-15(14)29)21(3,22)23/h5-8,12,14-15,29H,4,9-10H2,1-3H3,(H2,24,25,26,28)/t12?,14-,15-/m1/s1. The zero-order valence-electron chi connectivity index (χ0n) is 17.1. The van der Waals surface area contributed by atoms with E-state index in [0.717, 1.165) is 33.4 Å². The number of anilines is 2. The molecule has 3 atom stereocenters. The Morgan fingerprint density at radius 2 is 1.97 bits per heavy atom. The van der Waals surface area contributed by atoms with E-state index in [1.165, 1.54) is 11.3 Å². The Labute approximate surface area is 177 Å². The van der Waals surface area contributed by atoms with Gasteiger partial charge in [0, 0.05) is 12.5 Å². The number of aryl methyl sites for hydroxylation is 1. The van der Waals surface area contributed by atoms with Gasteiger partial charge in [0.15, 0.2) is 0 Å². The summed E-state index contributed by atoms with van der Waals surface area (Å²) in [6, 6.07) is 7.32. The lowest BCUT2D eigenvalue weighted by Gasteiger charge is -2.21. The minimum atomic E-state index is -2.83. The van der Waals surface area contributed by atoms with Crippen molar-refractivity contribution in [1.29, 1.82) is 0 Å². The van der Waals surface area contributed by atoms with Crippen molar-refractivity contribution in [3.63, 3.8) is 0 Å². The molecule has 1 saturated carbocycles. The van der Waals surface area contributed by atoms with E-state index in [9.17, 15) is 13.9 Å². The van der Waals surface area contributed by atoms with Crippen molar-refractivity contribution in [2.75, 3.05) is 17.2 Å². The summed E-state index contributed by atoms with van der Waals surface area (Å²) in [5, 5.41) is 17.5. The van der Waals surface area contributed by atoms with Gasteiger partial charge >= 0.3 is 0 Å². The fourth-order valence-electron chi connectivity index (χ4n) is 3.91. The Balaban J connectivity index is 1.73. The maximum Gasteiger partial charge on any atom is 0.248 e. The van der Waals surface area contributed by atoms with Gasteiger partial charge < -0.3 is 15.7 Å². The van der Waals surface area contributed by atoms with Crippen LogP contribution in [0.5, 0.6) is 0 Å². The quantitative estimate of drug-likeness (QED) is 0.523. The highest BCUT2D eigenvalue weighted by Gasteiger charge is 2.44. The van der Waals surface area contributed by atoms with Gasteiger partial charge in [0.1, 0.15) is 10.8 Å². The molecule has 1 aliphatic rings. The molecule has 0 amide bonds. The molecule has 9 heteroatoms. The molecule has 0 spiro atoms. The normalized spacial score (nSPS) is 21.9. The van der Waals surface area contributed by atoms with Gasteiger partial charge in [-0.2, -0.15) is 4.98 Å². The highest BCUT2D eigenvalue weighted by atomic mass is 32.1. The van der Waals surface area contributed by atoms with Gasteiger partial charge in [0.25, 0.3) is 0 Å². The van der Waals surface area contributed by atoms with Crippen LogP contribution in [0.4, 0.5) is 20.5 Å². The molecule has 2 aromatic heterocycles. The van der Waals surface area contributed by atoms with E-state index in [0.29, 0.717) is 18.3 Å². The second-order valence-corrected chi connectivity index (χ2v) is 8.85. The molecule has 3 aromatic rings. The van der Waals surface area contributed by atoms with Crippen LogP contribution in [0.15, 0.2) is 24.3 Å². The molecule has 4 rings (SSSR count). The number of aliphatic hydroxyl groups excluding tert-OH is 1. The molecule has 1 fully saturated rings. The molecule has 0 radical (unpaired) electrons. The average molecular weight is 434 g/mol. The van der Waals surface area contributed by atoms with Crippen LogP contribution in [0.25, 0.3) is 20.8 Å². The predicted molar refractivity (Wildman–Crippen MR) is 116 cm³/mol. The molecule has 2 heterocycles. The third-order valence-electron chi connectivity index (χ3n) is 5.50. The molecular weight excluding hydrogens is 408 g/mol. The monoisotopic (exact) mass is 433 g/mol. The molecule has 1 aliphatic carbocycles. The fraction of sp³-hybridized carbons (Fsp3) is 0.476. The van der Waals surface area contributed by atoms with Crippen molar-refractivity contribution >= 4 is 33.3 Å². The van der Waals surface area contributed by atoms with E-state index in [1.807, 2.05) is 38.1 Å². The Kier molecular flexibility index (Phi) is 5.59. The SMILES string of the molecule is CCNc1nc(C)c(-c2nc3ccccc3s2)c(N[C@@H]2CC(C(C)(F)F)C[C@H]2O)n1. The molecule has 160 valence electrons. The van der Waals surface area contributed by atoms with Gasteiger partial charge in [-0.15, -0.1) is 11.3 Å². The lowest BCUT2D eigenvalue weighted by molar-refractivity contribution is -0.0408. The summed E-state index contributed by atoms with van der Waals surface area (Å²) in [7, 11) is 0. The number of hydrogen-bond acceptors (Lipinski definition) is 7. The summed E-state index contributed by atoms with van der Waals surface area (Å²) in [6.45, 7) is 5.39. The molecular formula is C21H25F2N5OS. The van der Waals surface area contributed by atoms with Crippen LogP contribution in [-0.2, 0) is 0 Å². The molecule has 1 unspecified atom stereocenters. The number of thiazole rings is 1. The Morgan fingerprint density at radius 1 is 1.20 bits per heavy atom. The van der Waals surface area contributed by atoms with Crippen LogP contribution in [-0.4, -0.2) is 44.7 Å². The van der Waals surface area contributed by atoms with Gasteiger partial charge in [-0.25, -0.2) is 18.7 Å². The van der Waals surface area contributed by atoms with E-state index in [4.69, 9.17) is 4.98 Å². The average Bonchev–Trinajstić information content (AvgIpc) is 3.25. The minimum Gasteiger partial charge on any atom is -0.391 e. The maximum atomic E-state index is 13.8. The van der Waals surface area contributed by atoms with Crippen LogP contribution in [0.2, 0.25) is 0 Å². The summed E-state index contributed by atoms with van der Waals surface area (Å²) in [4.78, 5) is 13.9. The van der Waals surface area contributed by atoms with E-state index in [1.54, 1.807) is 0 Å². The number of rotatable bonds is 6. The summed E-state index contributed by atoms with van der Waals surface area (Å²) in [6.07, 6.45) is -0.646. The summed E-state index contributed by atoms with van der Waals surface area (Å²) in [5.41, 5.74) is 2.34. The van der Waals surface area contributed by atoms with Gasteiger partial charge in [-0.3, -0.25) is 0 Å². The number of hydrogen-bond donors (Lipinski definition) is 3. The first kappa shape index (κ1) is 20.9. The summed E-state index contributed by atoms with van der Waals surface area (Å²) >= 11 is 1.53. The first-order valence-electron chi connectivity index (χ1n) is 10.1. The minimum absolute atomic E-state index is 0.0573. The van der Waals surface area contributed by atoms with Gasteiger partial charge in [0.05, 0.1) is 33.6 Å². The zero-order chi connectivity index (χ0) is 21.5. The van der Waals surface area contributed by atoms with Crippen molar-refractivity contribution in [3.05, 3.63) is 30.0 Å². The Morgan fingerprint density at radius 3 is 2.63 bits per heavy atom. The Bertz CT molecular complexity index is 1020. The molecule has 30 heavy (non-hydrogen) atoms. The van der Waals surface area contributed by atoms with Crippen LogP contribution in [0.1, 0.15) is 32.4 Å². The highest BCUT2D eigenvalue weighted by Crippen LogP contribution is 2.41. The smallest absolute Gasteiger partial charge is 0.248 e. The predicted octanol–water partition coefficient (Wildman–Crippen LogP) is 4.70. The van der Waals surface area contributed by atoms with Gasteiger partial charge in [-0.05, 0) is 45.7 Å². The third kappa shape index (κ3) is 4.09. The molecule has 6 nitrogen and oxygen atoms in total. The number of nitrogens with zero attached hydrogens (tertiary/aromatic N) is 3. The molecule has 3 N–H and O–H groups in total. The van der Waals surface area contributed by atoms with E-state index >= 15 is 0 Å². The lowest BCUT2D eigenvalue weighted by Crippen LogP contribution is -2.29. The molecule has 1 aromatic carbocycles. The van der Waals surface area contributed by atoms with Crippen molar-refractivity contribution in [3.8, 4) is 10.6 Å². The zero-order valence-corrected chi connectivity index (χ0v) is 17.9. The molecule has 0 aliphatic heterocycles. The number of aromatic nitrogens is 3. The number of fused-ring (bicyclic) bond motifs is 1. The van der Waals surface area contributed by atoms with Crippen LogP contribution >= 0.6 is 11.3 Å². The van der Waals surface area contributed by atoms with Crippen LogP contribution in [0.3, 0.4) is 0 Å². The first-order valence-corrected chi connectivity index (χ1v) is 10.9. The topological polar surface area (TPSA) is 83.0 Å². The number of para-hydroxylation sites is 1. The maximum absolute atomic E-state index is 13.8. The number of benzene rings is 1. The summed E-state index contributed by atoms with van der Waals surface area (Å²) < 4.78 is 28.7. The van der Waals surface area contributed by atoms with Crippen LogP contribution in [0, 0.1) is 12.8 Å². The largest absolute Gasteiger partial charge is 0.391 e. The highest BCUT2D eigenvalue weighted by molar-refractivity contribution is 7.21. The fourth-order valence-corrected chi connectivity index (χ4v) is 4.97. The van der Waals surface area contributed by atoms with Crippen molar-refractivity contribution < 1.29 is 13.9 Å². The second-order valence-electron chi connectivity index (χ2n) is 7.82. The van der Waals surface area contributed by atoms with E-state index < -0.39 is 24.0 Å². The lowest BCUT2D eigenvalue weighted by atomic mass is 10.0. The number of aliphatic hydroxyl groups is 1. The first-order chi connectivity index (χ1) is 14.3. The van der Waals surface area contributed by atoms with E-state index in [2.05, 4.69) is 20.6 Å². The Hall–Kier alpha value is -2.39. The second kappa shape index (κ2) is 8.03. The molecule has 0 bridgehead atoms. The van der Waals surface area contributed by atoms with Gasteiger partial charge in [0.2, 0.25) is 11.9 Å². The van der Waals surface area contributed by atoms with Gasteiger partial charge in [-0.1, -0.05) is 12.1 Å². The van der Waals surface area contributed by atoms with Crippen LogP contribution < -0.4 is 10.6 Å². The summed E-state index contributed by atoms with van der Waals surface area (Å²) in [5.74, 6) is -2.75. The number of alkyl halides is 2. The van der Waals surface area contributed by atoms with Crippen molar-refractivity contribution in [1.82, 2.24) is 15.0 Å². The van der Waals surface area contributed by atoms with Crippen molar-refractivity contribution in [2.45, 2.75) is 51.7 Å². The van der Waals surface area contributed by atoms with E-state index in [-0.39, 0.29) is 12.8 Å².